The van der Waals surface area contributed by atoms with Gasteiger partial charge in [-0.3, -0.25) is 4.90 Å². The van der Waals surface area contributed by atoms with Gasteiger partial charge in [-0.1, -0.05) is 34.6 Å². The molecule has 2 rings (SSSR count). The molecule has 1 saturated carbocycles. The second-order valence-corrected chi connectivity index (χ2v) is 7.66. The molecule has 100 valence electrons. The van der Waals surface area contributed by atoms with Crippen LogP contribution in [0, 0.1) is 10.8 Å². The lowest BCUT2D eigenvalue weighted by Gasteiger charge is -2.46. The summed E-state index contributed by atoms with van der Waals surface area (Å²) >= 11 is 0. The van der Waals surface area contributed by atoms with Crippen LogP contribution in [0.3, 0.4) is 0 Å². The van der Waals surface area contributed by atoms with Crippen molar-refractivity contribution in [1.29, 1.82) is 0 Å². The van der Waals surface area contributed by atoms with Crippen LogP contribution in [0.15, 0.2) is 0 Å². The first-order valence-corrected chi connectivity index (χ1v) is 7.16. The highest BCUT2D eigenvalue weighted by molar-refractivity contribution is 5.20. The third-order valence-electron chi connectivity index (χ3n) is 5.98. The van der Waals surface area contributed by atoms with Gasteiger partial charge in [0.15, 0.2) is 0 Å². The van der Waals surface area contributed by atoms with E-state index in [0.29, 0.717) is 22.4 Å². The van der Waals surface area contributed by atoms with Crippen LogP contribution in [-0.4, -0.2) is 35.6 Å². The molecule has 0 aromatic heterocycles. The van der Waals surface area contributed by atoms with E-state index in [1.54, 1.807) is 0 Å². The van der Waals surface area contributed by atoms with E-state index in [1.807, 2.05) is 0 Å². The summed E-state index contributed by atoms with van der Waals surface area (Å²) in [7, 11) is 0. The summed E-state index contributed by atoms with van der Waals surface area (Å²) in [6.45, 7) is 19.1. The van der Waals surface area contributed by atoms with Crippen molar-refractivity contribution in [3.05, 3.63) is 0 Å². The molecular formula is C15H30N2. The summed E-state index contributed by atoms with van der Waals surface area (Å²) in [6.07, 6.45) is 1.21. The number of piperazine rings is 1. The van der Waals surface area contributed by atoms with Crippen LogP contribution in [0.2, 0.25) is 0 Å². The standard InChI is InChI=1S/C15H30N2/c1-8-15(7)10-17(11(2)9-16-15)12-13(3,4)14(12,5)6/h11-12,16H,8-10H2,1-7H3. The zero-order valence-corrected chi connectivity index (χ0v) is 12.7. The molecule has 0 amide bonds. The van der Waals surface area contributed by atoms with Gasteiger partial charge in [0.05, 0.1) is 0 Å². The van der Waals surface area contributed by atoms with Crippen molar-refractivity contribution < 1.29 is 0 Å². The highest BCUT2D eigenvalue weighted by Gasteiger charge is 2.68. The van der Waals surface area contributed by atoms with E-state index >= 15 is 0 Å². The molecule has 0 radical (unpaired) electrons. The van der Waals surface area contributed by atoms with E-state index in [9.17, 15) is 0 Å². The highest BCUT2D eigenvalue weighted by Crippen LogP contribution is 2.65. The maximum Gasteiger partial charge on any atom is 0.0278 e. The molecule has 2 atom stereocenters. The van der Waals surface area contributed by atoms with Crippen molar-refractivity contribution >= 4 is 0 Å². The van der Waals surface area contributed by atoms with Crippen LogP contribution in [-0.2, 0) is 0 Å². The van der Waals surface area contributed by atoms with Crippen LogP contribution < -0.4 is 5.32 Å². The zero-order valence-electron chi connectivity index (χ0n) is 12.7. The number of nitrogens with one attached hydrogen (secondary N) is 1. The Bertz CT molecular complexity index is 294. The topological polar surface area (TPSA) is 15.3 Å². The predicted octanol–water partition coefficient (Wildman–Crippen LogP) is 2.88. The van der Waals surface area contributed by atoms with Crippen molar-refractivity contribution in [3.63, 3.8) is 0 Å². The van der Waals surface area contributed by atoms with Crippen molar-refractivity contribution in [2.24, 2.45) is 10.8 Å². The van der Waals surface area contributed by atoms with Gasteiger partial charge in [-0.05, 0) is 31.1 Å². The van der Waals surface area contributed by atoms with Gasteiger partial charge < -0.3 is 5.32 Å². The van der Waals surface area contributed by atoms with E-state index < -0.39 is 0 Å². The van der Waals surface area contributed by atoms with Gasteiger partial charge in [0.2, 0.25) is 0 Å². The Balaban J connectivity index is 2.16. The molecule has 0 aromatic rings. The number of nitrogens with zero attached hydrogens (tertiary/aromatic N) is 1. The minimum Gasteiger partial charge on any atom is -0.309 e. The maximum atomic E-state index is 3.72. The molecule has 2 aliphatic rings. The Morgan fingerprint density at radius 3 is 2.06 bits per heavy atom. The van der Waals surface area contributed by atoms with E-state index in [0.717, 1.165) is 12.6 Å². The lowest BCUT2D eigenvalue weighted by Crippen LogP contribution is -2.63. The largest absolute Gasteiger partial charge is 0.309 e. The molecular weight excluding hydrogens is 208 g/mol. The van der Waals surface area contributed by atoms with E-state index in [-0.39, 0.29) is 0 Å². The second-order valence-electron chi connectivity index (χ2n) is 7.66. The fourth-order valence-electron chi connectivity index (χ4n) is 3.70. The SMILES string of the molecule is CCC1(C)CN(C2C(C)(C)C2(C)C)C(C)CN1. The van der Waals surface area contributed by atoms with Crippen molar-refractivity contribution in [3.8, 4) is 0 Å². The normalized spacial score (nSPS) is 41.5. The van der Waals surface area contributed by atoms with Gasteiger partial charge in [0.1, 0.15) is 0 Å². The molecule has 2 nitrogen and oxygen atoms in total. The third kappa shape index (κ3) is 1.84. The van der Waals surface area contributed by atoms with Gasteiger partial charge >= 0.3 is 0 Å². The quantitative estimate of drug-likeness (QED) is 0.796. The Morgan fingerprint density at radius 2 is 1.65 bits per heavy atom. The maximum absolute atomic E-state index is 3.72. The number of rotatable bonds is 2. The molecule has 1 aliphatic carbocycles. The van der Waals surface area contributed by atoms with Gasteiger partial charge in [0, 0.05) is 30.7 Å². The smallest absolute Gasteiger partial charge is 0.0278 e. The summed E-state index contributed by atoms with van der Waals surface area (Å²) in [5.74, 6) is 0. The number of hydrogen-bond donors (Lipinski definition) is 1. The fourth-order valence-corrected chi connectivity index (χ4v) is 3.70. The minimum absolute atomic E-state index is 0.307. The van der Waals surface area contributed by atoms with Crippen molar-refractivity contribution in [2.75, 3.05) is 13.1 Å². The summed E-state index contributed by atoms with van der Waals surface area (Å²) in [6, 6.07) is 1.42. The monoisotopic (exact) mass is 238 g/mol. The Labute approximate surface area is 107 Å². The van der Waals surface area contributed by atoms with E-state index in [2.05, 4.69) is 58.7 Å². The molecule has 1 heterocycles. The Morgan fingerprint density at radius 1 is 1.12 bits per heavy atom. The van der Waals surface area contributed by atoms with E-state index in [1.165, 1.54) is 13.0 Å². The summed E-state index contributed by atoms with van der Waals surface area (Å²) in [5, 5.41) is 3.72. The van der Waals surface area contributed by atoms with Crippen LogP contribution >= 0.6 is 0 Å². The highest BCUT2D eigenvalue weighted by atomic mass is 15.3. The van der Waals surface area contributed by atoms with Crippen LogP contribution in [0.4, 0.5) is 0 Å². The summed E-state index contributed by atoms with van der Waals surface area (Å²) in [5.41, 5.74) is 1.24. The summed E-state index contributed by atoms with van der Waals surface area (Å²) in [4.78, 5) is 2.76. The second kappa shape index (κ2) is 3.71. The number of hydrogen-bond acceptors (Lipinski definition) is 2. The molecule has 0 spiro atoms. The molecule has 0 bridgehead atoms. The third-order valence-corrected chi connectivity index (χ3v) is 5.98. The van der Waals surface area contributed by atoms with Gasteiger partial charge in [0.25, 0.3) is 0 Å². The molecule has 2 unspecified atom stereocenters. The molecule has 2 fully saturated rings. The lowest BCUT2D eigenvalue weighted by molar-refractivity contribution is 0.0697. The molecule has 2 heteroatoms. The van der Waals surface area contributed by atoms with Crippen LogP contribution in [0.1, 0.15) is 54.9 Å². The minimum atomic E-state index is 0.307. The molecule has 1 N–H and O–H groups in total. The molecule has 17 heavy (non-hydrogen) atoms. The van der Waals surface area contributed by atoms with E-state index in [4.69, 9.17) is 0 Å². The van der Waals surface area contributed by atoms with Crippen LogP contribution in [0.5, 0.6) is 0 Å². The van der Waals surface area contributed by atoms with Gasteiger partial charge in [-0.15, -0.1) is 0 Å². The summed E-state index contributed by atoms with van der Waals surface area (Å²) < 4.78 is 0. The molecule has 1 saturated heterocycles. The van der Waals surface area contributed by atoms with Gasteiger partial charge in [-0.25, -0.2) is 0 Å². The average molecular weight is 238 g/mol. The van der Waals surface area contributed by atoms with Gasteiger partial charge in [-0.2, -0.15) is 0 Å². The average Bonchev–Trinajstić information content (AvgIpc) is 2.63. The fraction of sp³-hybridized carbons (Fsp3) is 1.00. The van der Waals surface area contributed by atoms with Crippen LogP contribution in [0.25, 0.3) is 0 Å². The molecule has 0 aromatic carbocycles. The first-order chi connectivity index (χ1) is 7.66. The first-order valence-electron chi connectivity index (χ1n) is 7.16. The Kier molecular flexibility index (Phi) is 2.91. The zero-order chi connectivity index (χ0) is 13.1. The Hall–Kier alpha value is -0.0800. The predicted molar refractivity (Wildman–Crippen MR) is 74.2 cm³/mol. The molecule has 1 aliphatic heterocycles. The first kappa shape index (κ1) is 13.4. The van der Waals surface area contributed by atoms with Crippen molar-refractivity contribution in [2.45, 2.75) is 72.5 Å². The van der Waals surface area contributed by atoms with Crippen molar-refractivity contribution in [1.82, 2.24) is 10.2 Å². The lowest BCUT2D eigenvalue weighted by atomic mass is 9.93.